The molecule has 1 amide bonds. The number of H-pyrrole nitrogens is 1. The molecule has 1 aliphatic heterocycles. The summed E-state index contributed by atoms with van der Waals surface area (Å²) in [5.74, 6) is 0.0368. The maximum absolute atomic E-state index is 12.6. The van der Waals surface area contributed by atoms with E-state index in [9.17, 15) is 4.79 Å². The molecule has 1 aromatic heterocycles. The van der Waals surface area contributed by atoms with Crippen LogP contribution in [0.25, 0.3) is 17.3 Å². The van der Waals surface area contributed by atoms with Crippen molar-refractivity contribution in [3.8, 4) is 11.3 Å². The Morgan fingerprint density at radius 2 is 1.76 bits per heavy atom. The van der Waals surface area contributed by atoms with Crippen LogP contribution in [0.4, 0.5) is 0 Å². The van der Waals surface area contributed by atoms with Gasteiger partial charge >= 0.3 is 0 Å². The fraction of sp³-hybridized carbons (Fsp3) is 0.143. The van der Waals surface area contributed by atoms with E-state index < -0.39 is 0 Å². The van der Waals surface area contributed by atoms with Crippen LogP contribution in [0.3, 0.4) is 0 Å². The van der Waals surface area contributed by atoms with E-state index in [-0.39, 0.29) is 5.91 Å². The van der Waals surface area contributed by atoms with Crippen LogP contribution >= 0.6 is 0 Å². The first-order chi connectivity index (χ1) is 12.3. The van der Waals surface area contributed by atoms with Gasteiger partial charge in [-0.2, -0.15) is 5.10 Å². The SMILES string of the molecule is O=C(C=Cc1ccccc1)N1CCc2[nH]nc(-c3ccccc3)c2C1. The number of carbonyl (C=O) groups excluding carboxylic acids is 1. The highest BCUT2D eigenvalue weighted by atomic mass is 16.2. The van der Waals surface area contributed by atoms with Crippen LogP contribution in [0.15, 0.2) is 66.7 Å². The zero-order valence-corrected chi connectivity index (χ0v) is 13.9. The summed E-state index contributed by atoms with van der Waals surface area (Å²) in [7, 11) is 0. The number of aromatic amines is 1. The predicted octanol–water partition coefficient (Wildman–Crippen LogP) is 3.67. The third-order valence-corrected chi connectivity index (χ3v) is 4.51. The molecular weight excluding hydrogens is 310 g/mol. The molecule has 3 aromatic rings. The number of fused-ring (bicyclic) bond motifs is 1. The first-order valence-corrected chi connectivity index (χ1v) is 8.45. The number of aromatic nitrogens is 2. The second-order valence-corrected chi connectivity index (χ2v) is 6.15. The third kappa shape index (κ3) is 3.24. The summed E-state index contributed by atoms with van der Waals surface area (Å²) < 4.78 is 0. The summed E-state index contributed by atoms with van der Waals surface area (Å²) in [5.41, 5.74) is 5.31. The van der Waals surface area contributed by atoms with E-state index in [2.05, 4.69) is 10.2 Å². The summed E-state index contributed by atoms with van der Waals surface area (Å²) >= 11 is 0. The first kappa shape index (κ1) is 15.4. The fourth-order valence-electron chi connectivity index (χ4n) is 3.16. The smallest absolute Gasteiger partial charge is 0.246 e. The Morgan fingerprint density at radius 3 is 2.52 bits per heavy atom. The molecule has 4 nitrogen and oxygen atoms in total. The molecule has 0 fully saturated rings. The number of nitrogens with zero attached hydrogens (tertiary/aromatic N) is 2. The molecule has 0 bridgehead atoms. The molecule has 1 aliphatic rings. The Morgan fingerprint density at radius 1 is 1.04 bits per heavy atom. The third-order valence-electron chi connectivity index (χ3n) is 4.51. The predicted molar refractivity (Wildman–Crippen MR) is 98.6 cm³/mol. The van der Waals surface area contributed by atoms with Crippen LogP contribution in [-0.2, 0) is 17.8 Å². The van der Waals surface area contributed by atoms with Crippen molar-refractivity contribution in [3.05, 3.63) is 83.6 Å². The van der Waals surface area contributed by atoms with Gasteiger partial charge in [0.25, 0.3) is 0 Å². The van der Waals surface area contributed by atoms with E-state index in [0.717, 1.165) is 34.5 Å². The minimum absolute atomic E-state index is 0.0368. The Labute approximate surface area is 146 Å². The van der Waals surface area contributed by atoms with Gasteiger partial charge in [-0.1, -0.05) is 60.7 Å². The lowest BCUT2D eigenvalue weighted by atomic mass is 10.0. The van der Waals surface area contributed by atoms with Gasteiger partial charge in [0, 0.05) is 42.4 Å². The van der Waals surface area contributed by atoms with Gasteiger partial charge < -0.3 is 4.90 Å². The van der Waals surface area contributed by atoms with E-state index >= 15 is 0 Å². The molecule has 1 N–H and O–H groups in total. The molecule has 2 aromatic carbocycles. The number of amides is 1. The molecule has 0 spiro atoms. The van der Waals surface area contributed by atoms with Gasteiger partial charge in [-0.3, -0.25) is 9.89 Å². The maximum atomic E-state index is 12.6. The Kier molecular flexibility index (Phi) is 4.17. The summed E-state index contributed by atoms with van der Waals surface area (Å²) in [5, 5.41) is 7.61. The molecule has 4 rings (SSSR count). The number of hydrogen-bond donors (Lipinski definition) is 1. The van der Waals surface area contributed by atoms with Gasteiger partial charge in [-0.15, -0.1) is 0 Å². The lowest BCUT2D eigenvalue weighted by Gasteiger charge is -2.26. The van der Waals surface area contributed by atoms with Gasteiger partial charge in [0.15, 0.2) is 0 Å². The number of hydrogen-bond acceptors (Lipinski definition) is 2. The van der Waals surface area contributed by atoms with E-state index in [4.69, 9.17) is 0 Å². The van der Waals surface area contributed by atoms with Crippen LogP contribution in [0.2, 0.25) is 0 Å². The van der Waals surface area contributed by atoms with Gasteiger partial charge in [0.1, 0.15) is 0 Å². The average molecular weight is 329 g/mol. The van der Waals surface area contributed by atoms with Crippen molar-refractivity contribution in [2.75, 3.05) is 6.54 Å². The Balaban J connectivity index is 1.54. The van der Waals surface area contributed by atoms with E-state index in [1.54, 1.807) is 6.08 Å². The molecule has 0 atom stereocenters. The first-order valence-electron chi connectivity index (χ1n) is 8.45. The van der Waals surface area contributed by atoms with Crippen LogP contribution in [0.5, 0.6) is 0 Å². The monoisotopic (exact) mass is 329 g/mol. The topological polar surface area (TPSA) is 49.0 Å². The van der Waals surface area contributed by atoms with E-state index in [0.29, 0.717) is 13.1 Å². The van der Waals surface area contributed by atoms with Crippen LogP contribution < -0.4 is 0 Å². The summed E-state index contributed by atoms with van der Waals surface area (Å²) in [6, 6.07) is 20.0. The highest BCUT2D eigenvalue weighted by molar-refractivity contribution is 5.92. The highest BCUT2D eigenvalue weighted by Gasteiger charge is 2.24. The molecular formula is C21H19N3O. The minimum Gasteiger partial charge on any atom is -0.334 e. The maximum Gasteiger partial charge on any atom is 0.246 e. The van der Waals surface area contributed by atoms with Gasteiger partial charge in [0.2, 0.25) is 5.91 Å². The second-order valence-electron chi connectivity index (χ2n) is 6.15. The number of rotatable bonds is 3. The summed E-state index contributed by atoms with van der Waals surface area (Å²) in [4.78, 5) is 14.4. The second kappa shape index (κ2) is 6.77. The van der Waals surface area contributed by atoms with Crippen LogP contribution in [0, 0.1) is 0 Å². The van der Waals surface area contributed by atoms with Crippen molar-refractivity contribution in [3.63, 3.8) is 0 Å². The molecule has 0 unspecified atom stereocenters. The number of carbonyl (C=O) groups is 1. The summed E-state index contributed by atoms with van der Waals surface area (Å²) in [6.45, 7) is 1.30. The Bertz CT molecular complexity index is 897. The largest absolute Gasteiger partial charge is 0.334 e. The van der Waals surface area contributed by atoms with Crippen LogP contribution in [-0.4, -0.2) is 27.5 Å². The average Bonchev–Trinajstić information content (AvgIpc) is 3.11. The van der Waals surface area contributed by atoms with Crippen molar-refractivity contribution in [2.45, 2.75) is 13.0 Å². The summed E-state index contributed by atoms with van der Waals surface area (Å²) in [6.07, 6.45) is 4.33. The molecule has 0 saturated heterocycles. The van der Waals surface area contributed by atoms with Crippen molar-refractivity contribution >= 4 is 12.0 Å². The number of benzene rings is 2. The van der Waals surface area contributed by atoms with E-state index in [1.807, 2.05) is 71.6 Å². The normalized spacial score (nSPS) is 13.8. The lowest BCUT2D eigenvalue weighted by Crippen LogP contribution is -2.34. The van der Waals surface area contributed by atoms with Crippen molar-refractivity contribution in [1.29, 1.82) is 0 Å². The van der Waals surface area contributed by atoms with Crippen molar-refractivity contribution < 1.29 is 4.79 Å². The fourth-order valence-corrected chi connectivity index (χ4v) is 3.16. The minimum atomic E-state index is 0.0368. The molecule has 0 saturated carbocycles. The molecule has 0 aliphatic carbocycles. The quantitative estimate of drug-likeness (QED) is 0.745. The molecule has 2 heterocycles. The molecule has 0 radical (unpaired) electrons. The Hall–Kier alpha value is -3.14. The molecule has 4 heteroatoms. The van der Waals surface area contributed by atoms with Gasteiger partial charge in [-0.05, 0) is 11.6 Å². The van der Waals surface area contributed by atoms with Gasteiger partial charge in [0.05, 0.1) is 5.69 Å². The highest BCUT2D eigenvalue weighted by Crippen LogP contribution is 2.28. The molecule has 25 heavy (non-hydrogen) atoms. The standard InChI is InChI=1S/C21H19N3O/c25-20(12-11-16-7-3-1-4-8-16)24-14-13-19-18(15-24)21(23-22-19)17-9-5-2-6-10-17/h1-12H,13-15H2,(H,22,23). The van der Waals surface area contributed by atoms with Crippen molar-refractivity contribution in [2.24, 2.45) is 0 Å². The number of nitrogens with one attached hydrogen (secondary N) is 1. The van der Waals surface area contributed by atoms with E-state index in [1.165, 1.54) is 0 Å². The lowest BCUT2D eigenvalue weighted by molar-refractivity contribution is -0.126. The molecule has 124 valence electrons. The zero-order valence-electron chi connectivity index (χ0n) is 13.9. The van der Waals surface area contributed by atoms with Crippen LogP contribution in [0.1, 0.15) is 16.8 Å². The van der Waals surface area contributed by atoms with Gasteiger partial charge in [-0.25, -0.2) is 0 Å². The zero-order chi connectivity index (χ0) is 17.1. The van der Waals surface area contributed by atoms with Crippen molar-refractivity contribution in [1.82, 2.24) is 15.1 Å².